The smallest absolute Gasteiger partial charge is 0.416 e. The summed E-state index contributed by atoms with van der Waals surface area (Å²) < 4.78 is 42.2. The van der Waals surface area contributed by atoms with Gasteiger partial charge in [0, 0.05) is 24.0 Å². The number of aliphatic carboxylic acids is 1. The number of nitrogens with two attached hydrogens (primary N) is 1. The molecule has 1 amide bonds. The van der Waals surface area contributed by atoms with Crippen LogP contribution in [-0.4, -0.2) is 31.5 Å². The van der Waals surface area contributed by atoms with Gasteiger partial charge >= 0.3 is 12.1 Å². The number of carboxylic acid groups (broad SMARTS) is 1. The van der Waals surface area contributed by atoms with E-state index in [-0.39, 0.29) is 30.2 Å². The van der Waals surface area contributed by atoms with Gasteiger partial charge in [0.1, 0.15) is 11.6 Å². The number of nitrogen functional groups attached to an aromatic ring is 1. The van der Waals surface area contributed by atoms with Gasteiger partial charge in [0.2, 0.25) is 0 Å². The van der Waals surface area contributed by atoms with E-state index >= 15 is 0 Å². The lowest BCUT2D eigenvalue weighted by molar-refractivity contribution is -0.138. The van der Waals surface area contributed by atoms with Gasteiger partial charge in [-0.3, -0.25) is 14.2 Å². The van der Waals surface area contributed by atoms with Crippen molar-refractivity contribution in [3.05, 3.63) is 107 Å². The molecule has 0 aliphatic carbocycles. The number of nitrogens with one attached hydrogen (secondary N) is 1. The average molecular weight is 546 g/mol. The van der Waals surface area contributed by atoms with Gasteiger partial charge in [-0.15, -0.1) is 0 Å². The van der Waals surface area contributed by atoms with E-state index in [1.165, 1.54) is 18.3 Å². The Hall–Kier alpha value is -5.19. The molecule has 11 heteroatoms. The largest absolute Gasteiger partial charge is 0.481 e. The SMILES string of the molecule is Nc1ncccc1-c1nc2ccc(C(F)(F)F)cc2n1-c1ccc(CNC(=O)c2cccc(CC(=O)O)c2)cc1. The quantitative estimate of drug-likeness (QED) is 0.257. The molecule has 3 aromatic carbocycles. The van der Waals surface area contributed by atoms with Crippen molar-refractivity contribution in [1.29, 1.82) is 0 Å². The second kappa shape index (κ2) is 10.5. The van der Waals surface area contributed by atoms with E-state index in [1.807, 2.05) is 0 Å². The Labute approximate surface area is 225 Å². The predicted octanol–water partition coefficient (Wildman–Crippen LogP) is 5.25. The monoisotopic (exact) mass is 545 g/mol. The molecular formula is C29H22F3N5O3. The third-order valence-electron chi connectivity index (χ3n) is 6.25. The second-order valence-electron chi connectivity index (χ2n) is 9.03. The molecule has 5 rings (SSSR count). The highest BCUT2D eigenvalue weighted by Crippen LogP contribution is 2.35. The number of nitrogens with zero attached hydrogens (tertiary/aromatic N) is 3. The van der Waals surface area contributed by atoms with Crippen LogP contribution < -0.4 is 11.1 Å². The number of pyridine rings is 1. The van der Waals surface area contributed by atoms with Gasteiger partial charge in [0.15, 0.2) is 0 Å². The van der Waals surface area contributed by atoms with E-state index < -0.39 is 17.7 Å². The second-order valence-corrected chi connectivity index (χ2v) is 9.03. The number of anilines is 1. The molecule has 0 saturated carbocycles. The predicted molar refractivity (Wildman–Crippen MR) is 143 cm³/mol. The molecule has 0 unspecified atom stereocenters. The number of carbonyl (C=O) groups excluding carboxylic acids is 1. The number of hydrogen-bond donors (Lipinski definition) is 3. The van der Waals surface area contributed by atoms with Gasteiger partial charge in [0.05, 0.1) is 28.6 Å². The van der Waals surface area contributed by atoms with Crippen molar-refractivity contribution in [2.24, 2.45) is 0 Å². The minimum atomic E-state index is -4.54. The number of imidazole rings is 1. The summed E-state index contributed by atoms with van der Waals surface area (Å²) in [4.78, 5) is 32.2. The molecule has 0 saturated heterocycles. The molecule has 0 aliphatic heterocycles. The number of rotatable bonds is 7. The number of hydrogen-bond acceptors (Lipinski definition) is 5. The Morgan fingerprint density at radius 3 is 2.42 bits per heavy atom. The summed E-state index contributed by atoms with van der Waals surface area (Å²) in [5, 5.41) is 11.8. The highest BCUT2D eigenvalue weighted by atomic mass is 19.4. The van der Waals surface area contributed by atoms with Crippen molar-refractivity contribution in [2.45, 2.75) is 19.1 Å². The minimum Gasteiger partial charge on any atom is -0.481 e. The van der Waals surface area contributed by atoms with Crippen molar-refractivity contribution in [3.8, 4) is 17.1 Å². The molecule has 0 atom stereocenters. The Morgan fingerprint density at radius 1 is 0.950 bits per heavy atom. The van der Waals surface area contributed by atoms with Crippen molar-refractivity contribution in [3.63, 3.8) is 0 Å². The Kier molecular flexibility index (Phi) is 6.95. The molecule has 0 bridgehead atoms. The fourth-order valence-electron chi connectivity index (χ4n) is 4.34. The van der Waals surface area contributed by atoms with Crippen LogP contribution in [0.3, 0.4) is 0 Å². The molecule has 0 aliphatic rings. The molecule has 5 aromatic rings. The van der Waals surface area contributed by atoms with Crippen molar-refractivity contribution < 1.29 is 27.9 Å². The molecule has 40 heavy (non-hydrogen) atoms. The molecule has 2 heterocycles. The molecule has 0 radical (unpaired) electrons. The van der Waals surface area contributed by atoms with Crippen LogP contribution in [0.15, 0.2) is 85.1 Å². The number of halogens is 3. The molecule has 0 fully saturated rings. The van der Waals surface area contributed by atoms with E-state index in [0.29, 0.717) is 33.7 Å². The maximum Gasteiger partial charge on any atom is 0.416 e. The topological polar surface area (TPSA) is 123 Å². The molecule has 8 nitrogen and oxygen atoms in total. The third-order valence-corrected chi connectivity index (χ3v) is 6.25. The van der Waals surface area contributed by atoms with Crippen LogP contribution in [0.2, 0.25) is 0 Å². The molecule has 4 N–H and O–H groups in total. The zero-order chi connectivity index (χ0) is 28.4. The number of aromatic nitrogens is 3. The molecular weight excluding hydrogens is 523 g/mol. The standard InChI is InChI=1S/C29H22F3N5O3/c30-29(31,32)20-8-11-23-24(15-20)37(27(36-23)22-5-2-12-34-26(22)33)21-9-6-17(7-10-21)16-35-28(40)19-4-1-3-18(13-19)14-25(38)39/h1-13,15H,14,16H2,(H2,33,34)(H,35,40)(H,38,39). The first-order valence-corrected chi connectivity index (χ1v) is 12.1. The van der Waals surface area contributed by atoms with E-state index in [4.69, 9.17) is 10.8 Å². The van der Waals surface area contributed by atoms with Crippen molar-refractivity contribution in [1.82, 2.24) is 19.9 Å². The lowest BCUT2D eigenvalue weighted by Crippen LogP contribution is -2.23. The van der Waals surface area contributed by atoms with E-state index in [2.05, 4.69) is 15.3 Å². The van der Waals surface area contributed by atoms with E-state index in [1.54, 1.807) is 59.2 Å². The van der Waals surface area contributed by atoms with Gasteiger partial charge in [0.25, 0.3) is 5.91 Å². The molecule has 0 spiro atoms. The minimum absolute atomic E-state index is 0.174. The summed E-state index contributed by atoms with van der Waals surface area (Å²) in [6, 6.07) is 20.0. The summed E-state index contributed by atoms with van der Waals surface area (Å²) in [6.07, 6.45) is -3.21. The number of benzene rings is 3. The lowest BCUT2D eigenvalue weighted by atomic mass is 10.1. The first-order chi connectivity index (χ1) is 19.1. The highest BCUT2D eigenvalue weighted by Gasteiger charge is 2.31. The lowest BCUT2D eigenvalue weighted by Gasteiger charge is -2.13. The van der Waals surface area contributed by atoms with E-state index in [9.17, 15) is 22.8 Å². The zero-order valence-corrected chi connectivity index (χ0v) is 20.8. The Bertz CT molecular complexity index is 1730. The summed E-state index contributed by atoms with van der Waals surface area (Å²) >= 11 is 0. The van der Waals surface area contributed by atoms with Crippen LogP contribution in [0.25, 0.3) is 28.1 Å². The zero-order valence-electron chi connectivity index (χ0n) is 20.8. The normalized spacial score (nSPS) is 11.5. The maximum atomic E-state index is 13.5. The van der Waals surface area contributed by atoms with Gasteiger partial charge < -0.3 is 16.2 Å². The number of carbonyl (C=O) groups is 2. The highest BCUT2D eigenvalue weighted by molar-refractivity contribution is 5.94. The average Bonchev–Trinajstić information content (AvgIpc) is 3.30. The third kappa shape index (κ3) is 5.48. The van der Waals surface area contributed by atoms with Gasteiger partial charge in [-0.1, -0.05) is 24.3 Å². The van der Waals surface area contributed by atoms with Crippen molar-refractivity contribution >= 4 is 28.7 Å². The summed E-state index contributed by atoms with van der Waals surface area (Å²) in [5.74, 6) is -0.845. The van der Waals surface area contributed by atoms with Crippen LogP contribution in [0.4, 0.5) is 19.0 Å². The molecule has 2 aromatic heterocycles. The summed E-state index contributed by atoms with van der Waals surface area (Å²) in [6.45, 7) is 0.174. The van der Waals surface area contributed by atoms with Gasteiger partial charge in [-0.2, -0.15) is 13.2 Å². The van der Waals surface area contributed by atoms with Crippen LogP contribution >= 0.6 is 0 Å². The number of fused-ring (bicyclic) bond motifs is 1. The Morgan fingerprint density at radius 2 is 1.73 bits per heavy atom. The first kappa shape index (κ1) is 26.4. The number of alkyl halides is 3. The number of amides is 1. The van der Waals surface area contributed by atoms with Crippen LogP contribution in [0.5, 0.6) is 0 Å². The van der Waals surface area contributed by atoms with Gasteiger partial charge in [-0.25, -0.2) is 9.97 Å². The Balaban J connectivity index is 1.45. The molecule has 202 valence electrons. The van der Waals surface area contributed by atoms with Crippen molar-refractivity contribution in [2.75, 3.05) is 5.73 Å². The van der Waals surface area contributed by atoms with E-state index in [0.717, 1.165) is 17.7 Å². The number of carboxylic acids is 1. The summed E-state index contributed by atoms with van der Waals surface area (Å²) in [5.41, 5.74) is 8.46. The first-order valence-electron chi connectivity index (χ1n) is 12.1. The maximum absolute atomic E-state index is 13.5. The summed E-state index contributed by atoms with van der Waals surface area (Å²) in [7, 11) is 0. The fourth-order valence-corrected chi connectivity index (χ4v) is 4.34. The fraction of sp³-hybridized carbons (Fsp3) is 0.103. The van der Waals surface area contributed by atoms with Crippen LogP contribution in [-0.2, 0) is 23.9 Å². The van der Waals surface area contributed by atoms with Gasteiger partial charge in [-0.05, 0) is 65.7 Å². The van der Waals surface area contributed by atoms with Crippen LogP contribution in [0.1, 0.15) is 27.0 Å². The van der Waals surface area contributed by atoms with Crippen LogP contribution in [0, 0.1) is 0 Å².